The number of nitrogens with zero attached hydrogens (tertiary/aromatic N) is 3. The number of halogens is 1. The van der Waals surface area contributed by atoms with Crippen LogP contribution in [0.4, 0.5) is 10.1 Å². The molecule has 30 heavy (non-hydrogen) atoms. The first kappa shape index (κ1) is 20.2. The zero-order chi connectivity index (χ0) is 21.1. The molecule has 4 rings (SSSR count). The van der Waals surface area contributed by atoms with E-state index < -0.39 is 0 Å². The number of benzene rings is 2. The molecule has 0 radical (unpaired) electrons. The standard InChI is InChI=1S/C23H25FN4O2/c1-15-5-3-8-20(16(15)2)25-21(29)14-28-11-9-17(10-12-28)23-26-22(27-30-23)18-6-4-7-19(24)13-18/h3-8,13,17H,9-12,14H2,1-2H3,(H,25,29). The maximum atomic E-state index is 13.4. The second-order valence-corrected chi connectivity index (χ2v) is 7.81. The van der Waals surface area contributed by atoms with Crippen molar-refractivity contribution in [3.8, 4) is 11.4 Å². The quantitative estimate of drug-likeness (QED) is 0.681. The van der Waals surface area contributed by atoms with Crippen molar-refractivity contribution in [3.63, 3.8) is 0 Å². The van der Waals surface area contributed by atoms with Crippen LogP contribution in [0.25, 0.3) is 11.4 Å². The number of piperidine rings is 1. The second-order valence-electron chi connectivity index (χ2n) is 7.81. The Morgan fingerprint density at radius 2 is 1.97 bits per heavy atom. The summed E-state index contributed by atoms with van der Waals surface area (Å²) in [4.78, 5) is 19.1. The Morgan fingerprint density at radius 1 is 1.20 bits per heavy atom. The van der Waals surface area contributed by atoms with Gasteiger partial charge in [0.25, 0.3) is 0 Å². The Labute approximate surface area is 175 Å². The normalized spacial score (nSPS) is 15.3. The summed E-state index contributed by atoms with van der Waals surface area (Å²) in [5.41, 5.74) is 3.72. The molecular formula is C23H25FN4O2. The Morgan fingerprint density at radius 3 is 2.73 bits per heavy atom. The fourth-order valence-electron chi connectivity index (χ4n) is 3.76. The second kappa shape index (κ2) is 8.75. The topological polar surface area (TPSA) is 71.3 Å². The summed E-state index contributed by atoms with van der Waals surface area (Å²) in [6.07, 6.45) is 1.67. The van der Waals surface area contributed by atoms with Crippen LogP contribution in [0.1, 0.15) is 35.8 Å². The van der Waals surface area contributed by atoms with Crippen LogP contribution >= 0.6 is 0 Å². The van der Waals surface area contributed by atoms with Crippen LogP contribution in [0.5, 0.6) is 0 Å². The highest BCUT2D eigenvalue weighted by molar-refractivity contribution is 5.93. The van der Waals surface area contributed by atoms with Crippen molar-refractivity contribution in [2.24, 2.45) is 0 Å². The number of anilines is 1. The number of rotatable bonds is 5. The third-order valence-corrected chi connectivity index (χ3v) is 5.71. The molecule has 0 unspecified atom stereocenters. The highest BCUT2D eigenvalue weighted by Gasteiger charge is 2.26. The van der Waals surface area contributed by atoms with Gasteiger partial charge in [-0.15, -0.1) is 0 Å². The number of carbonyl (C=O) groups is 1. The first-order valence-electron chi connectivity index (χ1n) is 10.2. The average molecular weight is 408 g/mol. The van der Waals surface area contributed by atoms with Gasteiger partial charge in [0, 0.05) is 17.2 Å². The third-order valence-electron chi connectivity index (χ3n) is 5.71. The molecule has 3 aromatic rings. The van der Waals surface area contributed by atoms with E-state index in [1.54, 1.807) is 12.1 Å². The lowest BCUT2D eigenvalue weighted by atomic mass is 9.97. The van der Waals surface area contributed by atoms with Gasteiger partial charge in [-0.3, -0.25) is 9.69 Å². The smallest absolute Gasteiger partial charge is 0.238 e. The molecule has 0 saturated carbocycles. The van der Waals surface area contributed by atoms with Crippen molar-refractivity contribution in [1.29, 1.82) is 0 Å². The van der Waals surface area contributed by atoms with Crippen molar-refractivity contribution in [2.45, 2.75) is 32.6 Å². The van der Waals surface area contributed by atoms with Gasteiger partial charge in [-0.2, -0.15) is 4.98 Å². The molecule has 0 aliphatic carbocycles. The zero-order valence-corrected chi connectivity index (χ0v) is 17.2. The lowest BCUT2D eigenvalue weighted by molar-refractivity contribution is -0.117. The number of aryl methyl sites for hydroxylation is 1. The van der Waals surface area contributed by atoms with Gasteiger partial charge < -0.3 is 9.84 Å². The molecule has 1 fully saturated rings. The zero-order valence-electron chi connectivity index (χ0n) is 17.2. The van der Waals surface area contributed by atoms with E-state index in [9.17, 15) is 9.18 Å². The third kappa shape index (κ3) is 4.57. The summed E-state index contributed by atoms with van der Waals surface area (Å²) >= 11 is 0. The van der Waals surface area contributed by atoms with Gasteiger partial charge in [0.1, 0.15) is 5.82 Å². The molecule has 1 aliphatic rings. The van der Waals surface area contributed by atoms with E-state index in [4.69, 9.17) is 4.52 Å². The van der Waals surface area contributed by atoms with Crippen LogP contribution in [-0.4, -0.2) is 40.6 Å². The Hall–Kier alpha value is -3.06. The lowest BCUT2D eigenvalue weighted by Crippen LogP contribution is -2.38. The van der Waals surface area contributed by atoms with Crippen LogP contribution in [0.2, 0.25) is 0 Å². The molecule has 156 valence electrons. The van der Waals surface area contributed by atoms with Crippen LogP contribution in [-0.2, 0) is 4.79 Å². The van der Waals surface area contributed by atoms with Crippen LogP contribution in [0.3, 0.4) is 0 Å². The van der Waals surface area contributed by atoms with Crippen molar-refractivity contribution < 1.29 is 13.7 Å². The minimum atomic E-state index is -0.328. The van der Waals surface area contributed by atoms with Crippen LogP contribution in [0.15, 0.2) is 47.0 Å². The van der Waals surface area contributed by atoms with E-state index in [0.29, 0.717) is 23.8 Å². The highest BCUT2D eigenvalue weighted by atomic mass is 19.1. The molecule has 6 nitrogen and oxygen atoms in total. The fraction of sp³-hybridized carbons (Fsp3) is 0.348. The van der Waals surface area contributed by atoms with E-state index in [1.165, 1.54) is 12.1 Å². The minimum Gasteiger partial charge on any atom is -0.339 e. The van der Waals surface area contributed by atoms with E-state index in [1.807, 2.05) is 32.0 Å². The van der Waals surface area contributed by atoms with Gasteiger partial charge in [-0.1, -0.05) is 29.4 Å². The first-order chi connectivity index (χ1) is 14.5. The Bertz CT molecular complexity index is 1040. The SMILES string of the molecule is Cc1cccc(NC(=O)CN2CCC(c3nc(-c4cccc(F)c4)no3)CC2)c1C. The van der Waals surface area contributed by atoms with Crippen molar-refractivity contribution in [1.82, 2.24) is 15.0 Å². The van der Waals surface area contributed by atoms with E-state index in [0.717, 1.165) is 42.7 Å². The first-order valence-corrected chi connectivity index (χ1v) is 10.2. The number of aromatic nitrogens is 2. The molecular weight excluding hydrogens is 383 g/mol. The molecule has 7 heteroatoms. The fourth-order valence-corrected chi connectivity index (χ4v) is 3.76. The minimum absolute atomic E-state index is 0.00618. The maximum Gasteiger partial charge on any atom is 0.238 e. The van der Waals surface area contributed by atoms with Crippen LogP contribution in [0, 0.1) is 19.7 Å². The van der Waals surface area contributed by atoms with Gasteiger partial charge in [0.2, 0.25) is 17.6 Å². The molecule has 0 spiro atoms. The predicted molar refractivity (Wildman–Crippen MR) is 113 cm³/mol. The van der Waals surface area contributed by atoms with Gasteiger partial charge in [-0.25, -0.2) is 4.39 Å². The number of hydrogen-bond acceptors (Lipinski definition) is 5. The summed E-state index contributed by atoms with van der Waals surface area (Å²) in [7, 11) is 0. The molecule has 1 N–H and O–H groups in total. The lowest BCUT2D eigenvalue weighted by Gasteiger charge is -2.29. The largest absolute Gasteiger partial charge is 0.339 e. The maximum absolute atomic E-state index is 13.4. The summed E-state index contributed by atoms with van der Waals surface area (Å²) in [5.74, 6) is 0.798. The molecule has 1 saturated heterocycles. The predicted octanol–water partition coefficient (Wildman–Crippen LogP) is 4.31. The molecule has 0 atom stereocenters. The van der Waals surface area contributed by atoms with Crippen LogP contribution < -0.4 is 5.32 Å². The number of amides is 1. The molecule has 1 aromatic heterocycles. The number of likely N-dealkylation sites (tertiary alicyclic amines) is 1. The van der Waals surface area contributed by atoms with Gasteiger partial charge in [0.15, 0.2) is 0 Å². The Balaban J connectivity index is 1.31. The average Bonchev–Trinajstić information content (AvgIpc) is 3.22. The number of hydrogen-bond donors (Lipinski definition) is 1. The van der Waals surface area contributed by atoms with Crippen molar-refractivity contribution >= 4 is 11.6 Å². The van der Waals surface area contributed by atoms with Gasteiger partial charge in [-0.05, 0) is 69.1 Å². The molecule has 1 aliphatic heterocycles. The number of carbonyl (C=O) groups excluding carboxylic acids is 1. The van der Waals surface area contributed by atoms with Crippen molar-refractivity contribution in [3.05, 3.63) is 65.3 Å². The molecule has 1 amide bonds. The van der Waals surface area contributed by atoms with Gasteiger partial charge >= 0.3 is 0 Å². The molecule has 2 heterocycles. The van der Waals surface area contributed by atoms with E-state index in [-0.39, 0.29) is 17.6 Å². The van der Waals surface area contributed by atoms with Crippen molar-refractivity contribution in [2.75, 3.05) is 25.0 Å². The monoisotopic (exact) mass is 408 g/mol. The van der Waals surface area contributed by atoms with E-state index in [2.05, 4.69) is 20.4 Å². The summed E-state index contributed by atoms with van der Waals surface area (Å²) in [6.45, 7) is 5.97. The summed E-state index contributed by atoms with van der Waals surface area (Å²) in [5, 5.41) is 7.02. The number of nitrogens with one attached hydrogen (secondary N) is 1. The molecule has 2 aromatic carbocycles. The Kier molecular flexibility index (Phi) is 5.90. The summed E-state index contributed by atoms with van der Waals surface area (Å²) < 4.78 is 18.9. The van der Waals surface area contributed by atoms with E-state index >= 15 is 0 Å². The highest BCUT2D eigenvalue weighted by Crippen LogP contribution is 2.28. The summed E-state index contributed by atoms with van der Waals surface area (Å²) in [6, 6.07) is 12.1. The van der Waals surface area contributed by atoms with Gasteiger partial charge in [0.05, 0.1) is 6.54 Å². The molecule has 0 bridgehead atoms.